The number of amides is 2. The van der Waals surface area contributed by atoms with Gasteiger partial charge >= 0.3 is 6.03 Å². The Hall–Kier alpha value is -2.60. The molecular weight excluding hydrogens is 294 g/mol. The number of nitrogens with one attached hydrogen (secondary N) is 2. The molecule has 6 heteroatoms. The first-order valence-electron chi connectivity index (χ1n) is 7.51. The molecule has 0 saturated heterocycles. The van der Waals surface area contributed by atoms with Crippen molar-refractivity contribution in [2.75, 3.05) is 11.9 Å². The number of aliphatic hydroxyl groups excluding tert-OH is 1. The molecule has 1 heterocycles. The predicted octanol–water partition coefficient (Wildman–Crippen LogP) is 2.55. The van der Waals surface area contributed by atoms with E-state index in [1.165, 1.54) is 0 Å². The van der Waals surface area contributed by atoms with Crippen LogP contribution in [0.1, 0.15) is 18.9 Å². The molecule has 3 N–H and O–H groups in total. The van der Waals surface area contributed by atoms with E-state index in [9.17, 15) is 4.79 Å². The van der Waals surface area contributed by atoms with E-state index in [1.54, 1.807) is 36.7 Å². The second-order valence-corrected chi connectivity index (χ2v) is 5.05. The molecule has 0 bridgehead atoms. The Morgan fingerprint density at radius 3 is 2.52 bits per heavy atom. The Bertz CT molecular complexity index is 598. The number of benzene rings is 1. The first-order chi connectivity index (χ1) is 11.2. The van der Waals surface area contributed by atoms with Crippen LogP contribution in [0.15, 0.2) is 48.8 Å². The highest BCUT2D eigenvalue weighted by molar-refractivity contribution is 5.89. The monoisotopic (exact) mass is 315 g/mol. The van der Waals surface area contributed by atoms with Gasteiger partial charge in [-0.3, -0.25) is 4.98 Å². The van der Waals surface area contributed by atoms with Crippen molar-refractivity contribution in [3.63, 3.8) is 0 Å². The van der Waals surface area contributed by atoms with Gasteiger partial charge in [-0.15, -0.1) is 0 Å². The second kappa shape index (κ2) is 8.75. The van der Waals surface area contributed by atoms with Gasteiger partial charge in [0, 0.05) is 18.1 Å². The van der Waals surface area contributed by atoms with E-state index in [-0.39, 0.29) is 18.7 Å². The van der Waals surface area contributed by atoms with Crippen LogP contribution in [-0.2, 0) is 6.61 Å². The third-order valence-electron chi connectivity index (χ3n) is 3.32. The van der Waals surface area contributed by atoms with Gasteiger partial charge in [-0.1, -0.05) is 6.92 Å². The van der Waals surface area contributed by atoms with Crippen LogP contribution >= 0.6 is 0 Å². The summed E-state index contributed by atoms with van der Waals surface area (Å²) in [5, 5.41) is 14.5. The Kier molecular flexibility index (Phi) is 6.38. The fraction of sp³-hybridized carbons (Fsp3) is 0.294. The highest BCUT2D eigenvalue weighted by Gasteiger charge is 2.08. The number of aromatic nitrogens is 1. The molecule has 0 spiro atoms. The van der Waals surface area contributed by atoms with E-state index in [0.29, 0.717) is 18.7 Å². The van der Waals surface area contributed by atoms with Gasteiger partial charge in [0.05, 0.1) is 12.6 Å². The Morgan fingerprint density at radius 2 is 1.91 bits per heavy atom. The van der Waals surface area contributed by atoms with Crippen LogP contribution in [0.2, 0.25) is 0 Å². The zero-order valence-electron chi connectivity index (χ0n) is 13.0. The molecule has 122 valence electrons. The summed E-state index contributed by atoms with van der Waals surface area (Å²) in [4.78, 5) is 15.7. The van der Waals surface area contributed by atoms with Crippen molar-refractivity contribution in [3.8, 4) is 5.75 Å². The largest absolute Gasteiger partial charge is 0.489 e. The van der Waals surface area contributed by atoms with Crippen LogP contribution in [0.25, 0.3) is 0 Å². The maximum Gasteiger partial charge on any atom is 0.319 e. The van der Waals surface area contributed by atoms with Gasteiger partial charge in [0.15, 0.2) is 0 Å². The number of urea groups is 1. The van der Waals surface area contributed by atoms with Crippen LogP contribution in [0, 0.1) is 0 Å². The van der Waals surface area contributed by atoms with E-state index in [4.69, 9.17) is 9.84 Å². The molecule has 0 saturated carbocycles. The van der Waals surface area contributed by atoms with Gasteiger partial charge in [-0.05, 0) is 48.4 Å². The number of aliphatic hydroxyl groups is 1. The zero-order chi connectivity index (χ0) is 16.5. The second-order valence-electron chi connectivity index (χ2n) is 5.05. The molecule has 1 aromatic carbocycles. The summed E-state index contributed by atoms with van der Waals surface area (Å²) >= 11 is 0. The van der Waals surface area contributed by atoms with Crippen LogP contribution in [-0.4, -0.2) is 28.8 Å². The molecular formula is C17H21N3O3. The standard InChI is InChI=1S/C17H21N3O3/c1-2-14(11-21)19-17(22)20-15-3-5-16(6-4-15)23-12-13-7-9-18-10-8-13/h3-10,14,21H,2,11-12H2,1H3,(H2,19,20,22). The number of rotatable bonds is 7. The van der Waals surface area contributed by atoms with Crippen molar-refractivity contribution in [1.29, 1.82) is 0 Å². The number of pyridine rings is 1. The molecule has 6 nitrogen and oxygen atoms in total. The summed E-state index contributed by atoms with van der Waals surface area (Å²) in [6.45, 7) is 2.28. The number of anilines is 1. The average Bonchev–Trinajstić information content (AvgIpc) is 2.60. The lowest BCUT2D eigenvalue weighted by Crippen LogP contribution is -2.39. The molecule has 2 amide bonds. The molecule has 2 aromatic rings. The third kappa shape index (κ3) is 5.60. The SMILES string of the molecule is CCC(CO)NC(=O)Nc1ccc(OCc2ccncc2)cc1. The number of hydrogen-bond donors (Lipinski definition) is 3. The molecule has 1 unspecified atom stereocenters. The van der Waals surface area contributed by atoms with Crippen LogP contribution in [0.5, 0.6) is 5.75 Å². The summed E-state index contributed by atoms with van der Waals surface area (Å²) in [5.41, 5.74) is 1.70. The average molecular weight is 315 g/mol. The molecule has 1 aromatic heterocycles. The summed E-state index contributed by atoms with van der Waals surface area (Å²) in [7, 11) is 0. The Balaban J connectivity index is 1.83. The minimum atomic E-state index is -0.337. The third-order valence-corrected chi connectivity index (χ3v) is 3.32. The smallest absolute Gasteiger partial charge is 0.319 e. The van der Waals surface area contributed by atoms with E-state index in [1.807, 2.05) is 19.1 Å². The molecule has 0 aliphatic heterocycles. The minimum Gasteiger partial charge on any atom is -0.489 e. The normalized spacial score (nSPS) is 11.6. The Morgan fingerprint density at radius 1 is 1.22 bits per heavy atom. The van der Waals surface area contributed by atoms with Gasteiger partial charge < -0.3 is 20.5 Å². The van der Waals surface area contributed by atoms with Crippen LogP contribution in [0.3, 0.4) is 0 Å². The molecule has 0 aliphatic carbocycles. The number of nitrogens with zero attached hydrogens (tertiary/aromatic N) is 1. The molecule has 0 fully saturated rings. The van der Waals surface area contributed by atoms with Gasteiger partial charge in [0.2, 0.25) is 0 Å². The van der Waals surface area contributed by atoms with E-state index >= 15 is 0 Å². The van der Waals surface area contributed by atoms with Crippen molar-refractivity contribution < 1.29 is 14.6 Å². The predicted molar refractivity (Wildman–Crippen MR) is 88.3 cm³/mol. The van der Waals surface area contributed by atoms with Gasteiger partial charge in [-0.2, -0.15) is 0 Å². The lowest BCUT2D eigenvalue weighted by atomic mass is 10.2. The number of ether oxygens (including phenoxy) is 1. The van der Waals surface area contributed by atoms with Crippen LogP contribution < -0.4 is 15.4 Å². The Labute approximate surface area is 135 Å². The lowest BCUT2D eigenvalue weighted by molar-refractivity contribution is 0.222. The van der Waals surface area contributed by atoms with E-state index in [0.717, 1.165) is 11.3 Å². The lowest BCUT2D eigenvalue weighted by Gasteiger charge is -2.15. The maximum atomic E-state index is 11.8. The number of carbonyl (C=O) groups is 1. The summed E-state index contributed by atoms with van der Waals surface area (Å²) in [5.74, 6) is 0.717. The highest BCUT2D eigenvalue weighted by atomic mass is 16.5. The zero-order valence-corrected chi connectivity index (χ0v) is 13.0. The summed E-state index contributed by atoms with van der Waals surface area (Å²) in [6.07, 6.45) is 4.12. The van der Waals surface area contributed by atoms with Crippen molar-refractivity contribution in [2.45, 2.75) is 26.0 Å². The maximum absolute atomic E-state index is 11.8. The number of carbonyl (C=O) groups excluding carboxylic acids is 1. The number of hydrogen-bond acceptors (Lipinski definition) is 4. The molecule has 0 aliphatic rings. The topological polar surface area (TPSA) is 83.5 Å². The minimum absolute atomic E-state index is 0.0777. The van der Waals surface area contributed by atoms with Gasteiger partial charge in [-0.25, -0.2) is 4.79 Å². The van der Waals surface area contributed by atoms with E-state index < -0.39 is 0 Å². The molecule has 1 atom stereocenters. The highest BCUT2D eigenvalue weighted by Crippen LogP contribution is 2.17. The fourth-order valence-corrected chi connectivity index (χ4v) is 1.91. The molecule has 2 rings (SSSR count). The first-order valence-corrected chi connectivity index (χ1v) is 7.51. The quantitative estimate of drug-likeness (QED) is 0.733. The van der Waals surface area contributed by atoms with Crippen molar-refractivity contribution >= 4 is 11.7 Å². The fourth-order valence-electron chi connectivity index (χ4n) is 1.91. The summed E-state index contributed by atoms with van der Waals surface area (Å²) in [6, 6.07) is 10.3. The van der Waals surface area contributed by atoms with Gasteiger partial charge in [0.25, 0.3) is 0 Å². The van der Waals surface area contributed by atoms with Crippen molar-refractivity contribution in [3.05, 3.63) is 54.4 Å². The molecule has 23 heavy (non-hydrogen) atoms. The summed E-state index contributed by atoms with van der Waals surface area (Å²) < 4.78 is 5.66. The van der Waals surface area contributed by atoms with Crippen LogP contribution in [0.4, 0.5) is 10.5 Å². The van der Waals surface area contributed by atoms with E-state index in [2.05, 4.69) is 15.6 Å². The molecule has 0 radical (unpaired) electrons. The van der Waals surface area contributed by atoms with Crippen molar-refractivity contribution in [2.24, 2.45) is 0 Å². The van der Waals surface area contributed by atoms with Crippen molar-refractivity contribution in [1.82, 2.24) is 10.3 Å². The van der Waals surface area contributed by atoms with Gasteiger partial charge in [0.1, 0.15) is 12.4 Å². The first kappa shape index (κ1) is 16.8.